The topological polar surface area (TPSA) is 105 Å². The molecule has 0 fully saturated rings. The Morgan fingerprint density at radius 3 is 2.70 bits per heavy atom. The first-order chi connectivity index (χ1) is 11.0. The summed E-state index contributed by atoms with van der Waals surface area (Å²) in [6, 6.07) is 0. The molecule has 0 bridgehead atoms. The van der Waals surface area contributed by atoms with E-state index in [2.05, 4.69) is 20.5 Å². The molecule has 3 aromatic heterocycles. The summed E-state index contributed by atoms with van der Waals surface area (Å²) in [5.74, 6) is 0.702. The van der Waals surface area contributed by atoms with E-state index in [1.54, 1.807) is 30.4 Å². The number of aromatic nitrogens is 8. The van der Waals surface area contributed by atoms with E-state index in [4.69, 9.17) is 0 Å². The van der Waals surface area contributed by atoms with Crippen LogP contribution in [0.15, 0.2) is 21.1 Å². The van der Waals surface area contributed by atoms with E-state index in [-0.39, 0.29) is 11.2 Å². The third kappa shape index (κ3) is 2.67. The van der Waals surface area contributed by atoms with Crippen molar-refractivity contribution in [2.45, 2.75) is 18.1 Å². The number of imidazole rings is 1. The van der Waals surface area contributed by atoms with Gasteiger partial charge in [-0.2, -0.15) is 0 Å². The number of hydrogen-bond acceptors (Lipinski definition) is 7. The summed E-state index contributed by atoms with van der Waals surface area (Å²) in [7, 11) is 5.12. The van der Waals surface area contributed by atoms with Crippen LogP contribution in [-0.2, 0) is 27.7 Å². The predicted molar refractivity (Wildman–Crippen MR) is 84.4 cm³/mol. The molecule has 10 nitrogen and oxygen atoms in total. The maximum atomic E-state index is 12.5. The Labute approximate surface area is 134 Å². The second kappa shape index (κ2) is 5.99. The van der Waals surface area contributed by atoms with Crippen molar-refractivity contribution >= 4 is 22.9 Å². The lowest BCUT2D eigenvalue weighted by molar-refractivity contribution is 0.593. The van der Waals surface area contributed by atoms with E-state index in [0.29, 0.717) is 35.0 Å². The Morgan fingerprint density at radius 1 is 1.22 bits per heavy atom. The maximum Gasteiger partial charge on any atom is 0.332 e. The van der Waals surface area contributed by atoms with Gasteiger partial charge in [0.25, 0.3) is 5.56 Å². The normalized spacial score (nSPS) is 11.4. The fraction of sp³-hybridized carbons (Fsp3) is 0.500. The summed E-state index contributed by atoms with van der Waals surface area (Å²) in [5, 5.41) is 11.9. The maximum absolute atomic E-state index is 12.5. The van der Waals surface area contributed by atoms with E-state index in [9.17, 15) is 9.59 Å². The second-order valence-corrected chi connectivity index (χ2v) is 6.18. The molecule has 0 aliphatic carbocycles. The largest absolute Gasteiger partial charge is 0.332 e. The van der Waals surface area contributed by atoms with Gasteiger partial charge in [-0.25, -0.2) is 14.5 Å². The van der Waals surface area contributed by atoms with Gasteiger partial charge in [0, 0.05) is 33.4 Å². The van der Waals surface area contributed by atoms with Crippen LogP contribution >= 0.6 is 11.8 Å². The van der Waals surface area contributed by atoms with Gasteiger partial charge in [-0.05, 0) is 16.8 Å². The van der Waals surface area contributed by atoms with Crippen LogP contribution in [0, 0.1) is 0 Å². The quantitative estimate of drug-likeness (QED) is 0.441. The number of tetrazole rings is 1. The van der Waals surface area contributed by atoms with Gasteiger partial charge in [-0.15, -0.1) is 5.10 Å². The molecule has 0 amide bonds. The number of fused-ring (bicyclic) bond motifs is 1. The number of hydrogen-bond donors (Lipinski definition) is 0. The molecule has 3 aromatic rings. The fourth-order valence-corrected chi connectivity index (χ4v) is 3.10. The number of aryl methyl sites for hydroxylation is 3. The second-order valence-electron chi connectivity index (χ2n) is 5.11. The van der Waals surface area contributed by atoms with Crippen molar-refractivity contribution in [1.82, 2.24) is 38.9 Å². The number of rotatable bonds is 5. The minimum Gasteiger partial charge on any atom is -0.328 e. The van der Waals surface area contributed by atoms with Gasteiger partial charge in [0.1, 0.15) is 0 Å². The van der Waals surface area contributed by atoms with E-state index in [1.807, 2.05) is 0 Å². The molecule has 0 aliphatic rings. The van der Waals surface area contributed by atoms with Crippen LogP contribution in [0.2, 0.25) is 0 Å². The summed E-state index contributed by atoms with van der Waals surface area (Å²) in [4.78, 5) is 28.9. The molecule has 0 spiro atoms. The molecule has 0 saturated carbocycles. The zero-order valence-corrected chi connectivity index (χ0v) is 13.8. The molecule has 0 radical (unpaired) electrons. The van der Waals surface area contributed by atoms with Crippen LogP contribution in [0.1, 0.15) is 6.42 Å². The Hall–Kier alpha value is -2.43. The molecule has 11 heteroatoms. The number of nitrogens with zero attached hydrogens (tertiary/aromatic N) is 8. The van der Waals surface area contributed by atoms with Crippen molar-refractivity contribution in [3.05, 3.63) is 27.2 Å². The van der Waals surface area contributed by atoms with Crippen molar-refractivity contribution in [3.8, 4) is 0 Å². The van der Waals surface area contributed by atoms with Crippen molar-refractivity contribution in [3.63, 3.8) is 0 Å². The van der Waals surface area contributed by atoms with Crippen LogP contribution in [0.25, 0.3) is 11.2 Å². The average molecular weight is 336 g/mol. The van der Waals surface area contributed by atoms with Crippen LogP contribution in [0.5, 0.6) is 0 Å². The monoisotopic (exact) mass is 336 g/mol. The Bertz CT molecular complexity index is 966. The first-order valence-corrected chi connectivity index (χ1v) is 7.95. The first kappa shape index (κ1) is 15.5. The minimum absolute atomic E-state index is 0.312. The van der Waals surface area contributed by atoms with Crippen molar-refractivity contribution in [2.75, 3.05) is 5.75 Å². The lowest BCUT2D eigenvalue weighted by atomic mass is 10.4. The van der Waals surface area contributed by atoms with E-state index >= 15 is 0 Å². The van der Waals surface area contributed by atoms with Gasteiger partial charge < -0.3 is 4.57 Å². The highest BCUT2D eigenvalue weighted by Crippen LogP contribution is 2.13. The summed E-state index contributed by atoms with van der Waals surface area (Å²) in [6.07, 6.45) is 2.18. The molecule has 0 aliphatic heterocycles. The number of thioether (sulfide) groups is 1. The average Bonchev–Trinajstić information content (AvgIpc) is 3.10. The molecule has 122 valence electrons. The van der Waals surface area contributed by atoms with E-state index in [0.717, 1.165) is 0 Å². The predicted octanol–water partition coefficient (Wildman–Crippen LogP) is -0.860. The SMILES string of the molecule is Cn1nnnc1SCCCn1c(=O)c2c(ncn2C)n(C)c1=O. The molecular weight excluding hydrogens is 320 g/mol. The van der Waals surface area contributed by atoms with E-state index in [1.165, 1.54) is 27.2 Å². The molecule has 0 saturated heterocycles. The van der Waals surface area contributed by atoms with Crippen molar-refractivity contribution in [2.24, 2.45) is 21.1 Å². The minimum atomic E-state index is -0.355. The fourth-order valence-electron chi connectivity index (χ4n) is 2.32. The van der Waals surface area contributed by atoms with Gasteiger partial charge in [0.2, 0.25) is 5.16 Å². The van der Waals surface area contributed by atoms with Crippen molar-refractivity contribution < 1.29 is 0 Å². The highest BCUT2D eigenvalue weighted by molar-refractivity contribution is 7.99. The molecule has 0 N–H and O–H groups in total. The Morgan fingerprint density at radius 2 is 2.00 bits per heavy atom. The Balaban J connectivity index is 1.80. The van der Waals surface area contributed by atoms with E-state index < -0.39 is 0 Å². The zero-order chi connectivity index (χ0) is 16.6. The summed E-state index contributed by atoms with van der Waals surface area (Å²) in [5.41, 5.74) is 0.162. The van der Waals surface area contributed by atoms with Gasteiger partial charge in [-0.3, -0.25) is 13.9 Å². The van der Waals surface area contributed by atoms with Crippen LogP contribution in [-0.4, -0.2) is 44.6 Å². The smallest absolute Gasteiger partial charge is 0.328 e. The third-order valence-corrected chi connectivity index (χ3v) is 4.64. The molecule has 23 heavy (non-hydrogen) atoms. The van der Waals surface area contributed by atoms with Gasteiger partial charge >= 0.3 is 5.69 Å². The van der Waals surface area contributed by atoms with Gasteiger partial charge in [-0.1, -0.05) is 11.8 Å². The van der Waals surface area contributed by atoms with Crippen LogP contribution in [0.3, 0.4) is 0 Å². The molecule has 3 heterocycles. The highest BCUT2D eigenvalue weighted by atomic mass is 32.2. The first-order valence-electron chi connectivity index (χ1n) is 6.96. The summed E-state index contributed by atoms with van der Waals surface area (Å²) >= 11 is 1.48. The summed E-state index contributed by atoms with van der Waals surface area (Å²) < 4.78 is 5.86. The lowest BCUT2D eigenvalue weighted by Gasteiger charge is -2.08. The Kier molecular flexibility index (Phi) is 4.03. The zero-order valence-electron chi connectivity index (χ0n) is 13.0. The molecule has 0 unspecified atom stereocenters. The molecule has 3 rings (SSSR count). The highest BCUT2D eigenvalue weighted by Gasteiger charge is 2.14. The molecular formula is C12H16N8O2S. The standard InChI is InChI=1S/C12H16N8O2S/c1-17-7-13-9-8(17)10(21)20(12(22)18(9)2)5-4-6-23-11-14-15-16-19(11)3/h7H,4-6H2,1-3H3. The molecule has 0 aromatic carbocycles. The van der Waals surface area contributed by atoms with Crippen LogP contribution < -0.4 is 11.2 Å². The van der Waals surface area contributed by atoms with Crippen LogP contribution in [0.4, 0.5) is 0 Å². The summed E-state index contributed by atoms with van der Waals surface area (Å²) in [6.45, 7) is 0.338. The lowest BCUT2D eigenvalue weighted by Crippen LogP contribution is -2.39. The third-order valence-electron chi connectivity index (χ3n) is 3.54. The van der Waals surface area contributed by atoms with Gasteiger partial charge in [0.15, 0.2) is 11.2 Å². The van der Waals surface area contributed by atoms with Crippen molar-refractivity contribution in [1.29, 1.82) is 0 Å². The van der Waals surface area contributed by atoms with Gasteiger partial charge in [0.05, 0.1) is 6.33 Å². The molecule has 0 atom stereocenters.